The van der Waals surface area contributed by atoms with Crippen molar-refractivity contribution in [3.8, 4) is 5.75 Å². The van der Waals surface area contributed by atoms with E-state index in [9.17, 15) is 24.4 Å². The molecule has 16 heavy (non-hydrogen) atoms. The number of carbonyl (C=O) groups is 1. The van der Waals surface area contributed by atoms with Gasteiger partial charge in [0.25, 0.3) is 5.69 Å². The Balaban J connectivity index is 3.60. The van der Waals surface area contributed by atoms with Crippen LogP contribution >= 0.6 is 0 Å². The standard InChI is InChI=1S/C9H8FNO5/c1-4-3-5(11(14)15)6(9(13)16-2)7(10)8(4)12/h3,12H,1-2H3. The number of methoxy groups -OCH3 is 1. The number of hydrogen-bond acceptors (Lipinski definition) is 5. The minimum Gasteiger partial charge on any atom is -0.505 e. The highest BCUT2D eigenvalue weighted by molar-refractivity contribution is 5.95. The first-order valence-corrected chi connectivity index (χ1v) is 4.15. The topological polar surface area (TPSA) is 89.7 Å². The molecule has 0 bridgehead atoms. The Labute approximate surface area is 89.4 Å². The molecule has 0 aliphatic heterocycles. The second-order valence-electron chi connectivity index (χ2n) is 3.00. The smallest absolute Gasteiger partial charge is 0.348 e. The van der Waals surface area contributed by atoms with Gasteiger partial charge in [-0.1, -0.05) is 0 Å². The second-order valence-corrected chi connectivity index (χ2v) is 3.00. The van der Waals surface area contributed by atoms with Crippen LogP contribution in [-0.2, 0) is 4.74 Å². The summed E-state index contributed by atoms with van der Waals surface area (Å²) in [5.74, 6) is -3.36. The van der Waals surface area contributed by atoms with Crippen LogP contribution in [0.3, 0.4) is 0 Å². The van der Waals surface area contributed by atoms with Crippen molar-refractivity contribution in [3.63, 3.8) is 0 Å². The summed E-state index contributed by atoms with van der Waals surface area (Å²) in [6.45, 7) is 1.28. The average molecular weight is 229 g/mol. The van der Waals surface area contributed by atoms with Crippen molar-refractivity contribution in [2.75, 3.05) is 7.11 Å². The Morgan fingerprint density at radius 3 is 2.62 bits per heavy atom. The molecular formula is C9H8FNO5. The Morgan fingerprint density at radius 2 is 2.19 bits per heavy atom. The Hall–Kier alpha value is -2.18. The van der Waals surface area contributed by atoms with E-state index in [-0.39, 0.29) is 5.56 Å². The fourth-order valence-electron chi connectivity index (χ4n) is 1.19. The lowest BCUT2D eigenvalue weighted by Crippen LogP contribution is -2.09. The zero-order valence-electron chi connectivity index (χ0n) is 8.48. The van der Waals surface area contributed by atoms with Gasteiger partial charge < -0.3 is 9.84 Å². The number of carbonyl (C=O) groups excluding carboxylic acids is 1. The van der Waals surface area contributed by atoms with Gasteiger partial charge in [0.2, 0.25) is 0 Å². The number of nitro benzene ring substituents is 1. The third-order valence-corrected chi connectivity index (χ3v) is 2.00. The van der Waals surface area contributed by atoms with Crippen LogP contribution < -0.4 is 0 Å². The van der Waals surface area contributed by atoms with Crippen molar-refractivity contribution in [2.24, 2.45) is 0 Å². The molecule has 0 saturated carbocycles. The molecule has 7 heteroatoms. The number of hydrogen-bond donors (Lipinski definition) is 1. The average Bonchev–Trinajstić information content (AvgIpc) is 2.24. The number of aryl methyl sites for hydroxylation is 1. The number of phenols is 1. The highest BCUT2D eigenvalue weighted by Crippen LogP contribution is 2.31. The summed E-state index contributed by atoms with van der Waals surface area (Å²) >= 11 is 0. The first-order chi connectivity index (χ1) is 7.40. The molecule has 1 aromatic rings. The van der Waals surface area contributed by atoms with Crippen LogP contribution in [-0.4, -0.2) is 23.1 Å². The van der Waals surface area contributed by atoms with E-state index in [4.69, 9.17) is 0 Å². The molecule has 0 atom stereocenters. The molecule has 6 nitrogen and oxygen atoms in total. The van der Waals surface area contributed by atoms with Crippen molar-refractivity contribution < 1.29 is 24.0 Å². The molecule has 0 saturated heterocycles. The van der Waals surface area contributed by atoms with E-state index in [2.05, 4.69) is 4.74 Å². The number of phenolic OH excluding ortho intramolecular Hbond substituents is 1. The Kier molecular flexibility index (Phi) is 3.07. The quantitative estimate of drug-likeness (QED) is 0.472. The summed E-state index contributed by atoms with van der Waals surface area (Å²) < 4.78 is 17.7. The van der Waals surface area contributed by atoms with Crippen molar-refractivity contribution in [2.45, 2.75) is 6.92 Å². The fraction of sp³-hybridized carbons (Fsp3) is 0.222. The van der Waals surface area contributed by atoms with E-state index >= 15 is 0 Å². The van der Waals surface area contributed by atoms with Gasteiger partial charge in [0.15, 0.2) is 17.1 Å². The normalized spacial score (nSPS) is 9.94. The van der Waals surface area contributed by atoms with Gasteiger partial charge in [-0.15, -0.1) is 0 Å². The molecule has 0 aliphatic carbocycles. The number of benzene rings is 1. The van der Waals surface area contributed by atoms with Crippen LogP contribution in [0, 0.1) is 22.9 Å². The molecule has 1 aromatic carbocycles. The molecule has 86 valence electrons. The first-order valence-electron chi connectivity index (χ1n) is 4.15. The highest BCUT2D eigenvalue weighted by atomic mass is 19.1. The second kappa shape index (κ2) is 4.13. The molecule has 0 spiro atoms. The third-order valence-electron chi connectivity index (χ3n) is 2.00. The van der Waals surface area contributed by atoms with Gasteiger partial charge in [-0.25, -0.2) is 9.18 Å². The van der Waals surface area contributed by atoms with Crippen LogP contribution in [0.15, 0.2) is 6.07 Å². The maximum Gasteiger partial charge on any atom is 0.348 e. The highest BCUT2D eigenvalue weighted by Gasteiger charge is 2.29. The molecule has 0 heterocycles. The lowest BCUT2D eigenvalue weighted by molar-refractivity contribution is -0.385. The number of nitro groups is 1. The van der Waals surface area contributed by atoms with Crippen LogP contribution in [0.4, 0.5) is 10.1 Å². The van der Waals surface area contributed by atoms with Gasteiger partial charge >= 0.3 is 5.97 Å². The number of ether oxygens (including phenoxy) is 1. The Morgan fingerprint density at radius 1 is 1.62 bits per heavy atom. The summed E-state index contributed by atoms with van der Waals surface area (Å²) in [7, 11) is 0.961. The molecule has 0 radical (unpaired) electrons. The fourth-order valence-corrected chi connectivity index (χ4v) is 1.19. The van der Waals surface area contributed by atoms with Gasteiger partial charge in [0, 0.05) is 11.6 Å². The number of halogens is 1. The SMILES string of the molecule is COC(=O)c1c([N+](=O)[O-])cc(C)c(O)c1F. The molecule has 0 fully saturated rings. The monoisotopic (exact) mass is 229 g/mol. The van der Waals surface area contributed by atoms with Gasteiger partial charge in [-0.05, 0) is 6.92 Å². The number of nitrogens with zero attached hydrogens (tertiary/aromatic N) is 1. The number of aromatic hydroxyl groups is 1. The van der Waals surface area contributed by atoms with Gasteiger partial charge in [-0.2, -0.15) is 0 Å². The van der Waals surface area contributed by atoms with Gasteiger partial charge in [0.1, 0.15) is 0 Å². The van der Waals surface area contributed by atoms with Gasteiger partial charge in [-0.3, -0.25) is 10.1 Å². The third kappa shape index (κ3) is 1.79. The van der Waals surface area contributed by atoms with Crippen molar-refractivity contribution in [1.29, 1.82) is 0 Å². The van der Waals surface area contributed by atoms with E-state index in [0.717, 1.165) is 13.2 Å². The van der Waals surface area contributed by atoms with Crippen LogP contribution in [0.1, 0.15) is 15.9 Å². The van der Waals surface area contributed by atoms with Crippen LogP contribution in [0.25, 0.3) is 0 Å². The zero-order valence-corrected chi connectivity index (χ0v) is 8.48. The molecule has 0 aromatic heterocycles. The van der Waals surface area contributed by atoms with Crippen molar-refractivity contribution in [1.82, 2.24) is 0 Å². The lowest BCUT2D eigenvalue weighted by atomic mass is 10.1. The van der Waals surface area contributed by atoms with Crippen LogP contribution in [0.2, 0.25) is 0 Å². The number of rotatable bonds is 2. The summed E-state index contributed by atoms with van der Waals surface area (Å²) in [6.07, 6.45) is 0. The molecule has 0 aliphatic rings. The maximum absolute atomic E-state index is 13.5. The molecule has 1 rings (SSSR count). The van der Waals surface area contributed by atoms with Crippen molar-refractivity contribution in [3.05, 3.63) is 33.1 Å². The summed E-state index contributed by atoms with van der Waals surface area (Å²) in [5.41, 5.74) is -1.65. The molecule has 0 amide bonds. The van der Waals surface area contributed by atoms with E-state index < -0.39 is 33.7 Å². The predicted molar refractivity (Wildman–Crippen MR) is 50.8 cm³/mol. The molecule has 0 unspecified atom stereocenters. The maximum atomic E-state index is 13.5. The van der Waals surface area contributed by atoms with E-state index in [1.54, 1.807) is 0 Å². The Bertz CT molecular complexity index is 471. The largest absolute Gasteiger partial charge is 0.505 e. The van der Waals surface area contributed by atoms with Crippen molar-refractivity contribution >= 4 is 11.7 Å². The number of esters is 1. The first kappa shape index (κ1) is 11.9. The lowest BCUT2D eigenvalue weighted by Gasteiger charge is -2.06. The summed E-state index contributed by atoms with van der Waals surface area (Å²) in [4.78, 5) is 20.8. The van der Waals surface area contributed by atoms with E-state index in [0.29, 0.717) is 0 Å². The minimum atomic E-state index is -1.35. The summed E-state index contributed by atoms with van der Waals surface area (Å²) in [6, 6.07) is 0.907. The molecular weight excluding hydrogens is 221 g/mol. The van der Waals surface area contributed by atoms with E-state index in [1.165, 1.54) is 6.92 Å². The molecule has 1 N–H and O–H groups in total. The van der Waals surface area contributed by atoms with Crippen LogP contribution in [0.5, 0.6) is 5.75 Å². The summed E-state index contributed by atoms with van der Waals surface area (Å²) in [5, 5.41) is 19.8. The minimum absolute atomic E-state index is 0.0307. The van der Waals surface area contributed by atoms with E-state index in [1.807, 2.05) is 0 Å². The zero-order chi connectivity index (χ0) is 12.5. The van der Waals surface area contributed by atoms with Gasteiger partial charge in [0.05, 0.1) is 12.0 Å². The predicted octanol–water partition coefficient (Wildman–Crippen LogP) is 1.53.